The topological polar surface area (TPSA) is 50.2 Å². The minimum Gasteiger partial charge on any atom is -0.478 e. The molecule has 104 valence electrons. The molecule has 0 amide bonds. The third kappa shape index (κ3) is 2.62. The number of pyridine rings is 1. The summed E-state index contributed by atoms with van der Waals surface area (Å²) in [6.07, 6.45) is 1.97. The highest BCUT2D eigenvalue weighted by atomic mass is 32.2. The molecule has 0 bridgehead atoms. The molecule has 3 aromatic rings. The van der Waals surface area contributed by atoms with Crippen LogP contribution in [-0.4, -0.2) is 22.3 Å². The second kappa shape index (κ2) is 5.58. The number of aromatic nitrogens is 1. The highest BCUT2D eigenvalue weighted by Crippen LogP contribution is 2.28. The number of fused-ring (bicyclic) bond motifs is 1. The van der Waals surface area contributed by atoms with Crippen LogP contribution >= 0.6 is 11.8 Å². The van der Waals surface area contributed by atoms with Gasteiger partial charge >= 0.3 is 5.97 Å². The lowest BCUT2D eigenvalue weighted by molar-refractivity contribution is 0.0699. The maximum Gasteiger partial charge on any atom is 0.336 e. The lowest BCUT2D eigenvalue weighted by Crippen LogP contribution is -2.00. The lowest BCUT2D eigenvalue weighted by atomic mass is 10.0. The fourth-order valence-electron chi connectivity index (χ4n) is 2.27. The predicted molar refractivity (Wildman–Crippen MR) is 85.9 cm³/mol. The van der Waals surface area contributed by atoms with Gasteiger partial charge in [0.15, 0.2) is 0 Å². The van der Waals surface area contributed by atoms with Gasteiger partial charge in [-0.25, -0.2) is 9.78 Å². The molecular weight excluding hydrogens is 282 g/mol. The Balaban J connectivity index is 2.29. The summed E-state index contributed by atoms with van der Waals surface area (Å²) in [6, 6.07) is 17.0. The van der Waals surface area contributed by atoms with Gasteiger partial charge in [0.2, 0.25) is 0 Å². The van der Waals surface area contributed by atoms with Crippen molar-refractivity contribution in [2.24, 2.45) is 0 Å². The molecule has 0 aliphatic heterocycles. The van der Waals surface area contributed by atoms with Crippen molar-refractivity contribution in [1.29, 1.82) is 0 Å². The first-order chi connectivity index (χ1) is 10.2. The van der Waals surface area contributed by atoms with Crippen LogP contribution in [0.3, 0.4) is 0 Å². The molecule has 4 heteroatoms. The zero-order chi connectivity index (χ0) is 14.8. The molecule has 0 radical (unpaired) electrons. The normalized spacial score (nSPS) is 10.7. The number of benzene rings is 2. The second-order valence-electron chi connectivity index (χ2n) is 4.61. The highest BCUT2D eigenvalue weighted by Gasteiger charge is 2.13. The van der Waals surface area contributed by atoms with Crippen LogP contribution in [0.4, 0.5) is 0 Å². The monoisotopic (exact) mass is 295 g/mol. The molecule has 0 saturated carbocycles. The highest BCUT2D eigenvalue weighted by molar-refractivity contribution is 7.98. The van der Waals surface area contributed by atoms with Crippen LogP contribution in [0.1, 0.15) is 10.4 Å². The summed E-state index contributed by atoms with van der Waals surface area (Å²) in [5.74, 6) is -0.933. The molecule has 2 aromatic carbocycles. The fraction of sp³-hybridized carbons (Fsp3) is 0.0588. The quantitative estimate of drug-likeness (QED) is 0.731. The van der Waals surface area contributed by atoms with Gasteiger partial charge in [-0.05, 0) is 30.5 Å². The van der Waals surface area contributed by atoms with Crippen molar-refractivity contribution in [2.45, 2.75) is 4.90 Å². The molecule has 1 aromatic heterocycles. The summed E-state index contributed by atoms with van der Waals surface area (Å²) in [4.78, 5) is 17.2. The average Bonchev–Trinajstić information content (AvgIpc) is 2.54. The molecule has 3 rings (SSSR count). The molecule has 0 atom stereocenters. The lowest BCUT2D eigenvalue weighted by Gasteiger charge is -2.08. The van der Waals surface area contributed by atoms with E-state index in [1.807, 2.05) is 54.8 Å². The summed E-state index contributed by atoms with van der Waals surface area (Å²) < 4.78 is 0. The van der Waals surface area contributed by atoms with E-state index in [1.165, 1.54) is 0 Å². The van der Waals surface area contributed by atoms with Crippen molar-refractivity contribution in [3.63, 3.8) is 0 Å². The number of hydrogen-bond donors (Lipinski definition) is 1. The Morgan fingerprint density at radius 3 is 2.52 bits per heavy atom. The molecule has 0 saturated heterocycles. The Kier molecular flexibility index (Phi) is 3.62. The van der Waals surface area contributed by atoms with Gasteiger partial charge < -0.3 is 5.11 Å². The number of nitrogens with zero attached hydrogens (tertiary/aromatic N) is 1. The third-order valence-electron chi connectivity index (χ3n) is 3.32. The summed E-state index contributed by atoms with van der Waals surface area (Å²) in [7, 11) is 0. The van der Waals surface area contributed by atoms with E-state index < -0.39 is 5.97 Å². The van der Waals surface area contributed by atoms with Crippen LogP contribution in [-0.2, 0) is 0 Å². The molecular formula is C17H13NO2S. The van der Waals surface area contributed by atoms with Crippen molar-refractivity contribution in [3.8, 4) is 11.3 Å². The number of carbonyl (C=O) groups is 1. The number of carboxylic acid groups (broad SMARTS) is 1. The van der Waals surface area contributed by atoms with E-state index in [0.717, 1.165) is 10.5 Å². The number of rotatable bonds is 3. The first-order valence-corrected chi connectivity index (χ1v) is 7.69. The van der Waals surface area contributed by atoms with Crippen molar-refractivity contribution >= 4 is 28.6 Å². The average molecular weight is 295 g/mol. The Morgan fingerprint density at radius 2 is 1.86 bits per heavy atom. The summed E-state index contributed by atoms with van der Waals surface area (Å²) in [5.41, 5.74) is 2.58. The van der Waals surface area contributed by atoms with Crippen molar-refractivity contribution < 1.29 is 9.90 Å². The van der Waals surface area contributed by atoms with Crippen LogP contribution in [0.2, 0.25) is 0 Å². The zero-order valence-corrected chi connectivity index (χ0v) is 12.2. The Bertz CT molecular complexity index is 816. The predicted octanol–water partition coefficient (Wildman–Crippen LogP) is 4.32. The Morgan fingerprint density at radius 1 is 1.10 bits per heavy atom. The van der Waals surface area contributed by atoms with Gasteiger partial charge in [-0.2, -0.15) is 0 Å². The summed E-state index contributed by atoms with van der Waals surface area (Å²) in [5, 5.41) is 10.2. The van der Waals surface area contributed by atoms with E-state index in [1.54, 1.807) is 17.8 Å². The first kappa shape index (κ1) is 13.6. The molecule has 0 aliphatic rings. The molecule has 0 fully saturated rings. The zero-order valence-electron chi connectivity index (χ0n) is 11.4. The summed E-state index contributed by atoms with van der Waals surface area (Å²) >= 11 is 1.58. The number of aromatic carboxylic acids is 1. The van der Waals surface area contributed by atoms with Crippen LogP contribution in [0.5, 0.6) is 0 Å². The summed E-state index contributed by atoms with van der Waals surface area (Å²) in [6.45, 7) is 0. The van der Waals surface area contributed by atoms with Crippen LogP contribution in [0.25, 0.3) is 22.2 Å². The molecule has 3 nitrogen and oxygen atoms in total. The SMILES string of the molecule is CSc1ccc2nc(-c3ccccc3)cc(C(=O)O)c2c1. The van der Waals surface area contributed by atoms with Crippen molar-refractivity contribution in [3.05, 3.63) is 60.2 Å². The number of hydrogen-bond acceptors (Lipinski definition) is 3. The van der Waals surface area contributed by atoms with Crippen molar-refractivity contribution in [1.82, 2.24) is 4.98 Å². The van der Waals surface area contributed by atoms with Gasteiger partial charge in [-0.3, -0.25) is 0 Å². The van der Waals surface area contributed by atoms with Crippen LogP contribution in [0.15, 0.2) is 59.5 Å². The number of carboxylic acids is 1. The Hall–Kier alpha value is -2.33. The molecule has 0 aliphatic carbocycles. The van der Waals surface area contributed by atoms with Gasteiger partial charge in [0, 0.05) is 15.8 Å². The minimum atomic E-state index is -0.933. The van der Waals surface area contributed by atoms with Gasteiger partial charge in [0.25, 0.3) is 0 Å². The third-order valence-corrected chi connectivity index (χ3v) is 4.04. The van der Waals surface area contributed by atoms with Gasteiger partial charge in [-0.1, -0.05) is 30.3 Å². The second-order valence-corrected chi connectivity index (χ2v) is 5.49. The van der Waals surface area contributed by atoms with Crippen molar-refractivity contribution in [2.75, 3.05) is 6.26 Å². The maximum atomic E-state index is 11.6. The maximum absolute atomic E-state index is 11.6. The standard InChI is InChI=1S/C17H13NO2S/c1-21-12-7-8-15-13(9-12)14(17(19)20)10-16(18-15)11-5-3-2-4-6-11/h2-10H,1H3,(H,19,20). The first-order valence-electron chi connectivity index (χ1n) is 6.46. The van der Waals surface area contributed by atoms with Crippen LogP contribution in [0, 0.1) is 0 Å². The van der Waals surface area contributed by atoms with E-state index in [9.17, 15) is 9.90 Å². The largest absolute Gasteiger partial charge is 0.478 e. The molecule has 1 heterocycles. The van der Waals surface area contributed by atoms with E-state index >= 15 is 0 Å². The molecule has 1 N–H and O–H groups in total. The van der Waals surface area contributed by atoms with Gasteiger partial charge in [-0.15, -0.1) is 11.8 Å². The minimum absolute atomic E-state index is 0.287. The van der Waals surface area contributed by atoms with Gasteiger partial charge in [0.1, 0.15) is 0 Å². The number of thioether (sulfide) groups is 1. The van der Waals surface area contributed by atoms with E-state index in [4.69, 9.17) is 0 Å². The smallest absolute Gasteiger partial charge is 0.336 e. The van der Waals surface area contributed by atoms with Gasteiger partial charge in [0.05, 0.1) is 16.8 Å². The van der Waals surface area contributed by atoms with E-state index in [0.29, 0.717) is 16.6 Å². The van der Waals surface area contributed by atoms with Crippen LogP contribution < -0.4 is 0 Å². The van der Waals surface area contributed by atoms with E-state index in [-0.39, 0.29) is 5.56 Å². The molecule has 0 spiro atoms. The fourth-order valence-corrected chi connectivity index (χ4v) is 2.71. The Labute approximate surface area is 126 Å². The molecule has 21 heavy (non-hydrogen) atoms. The molecule has 0 unspecified atom stereocenters. The van der Waals surface area contributed by atoms with E-state index in [2.05, 4.69) is 4.98 Å².